The van der Waals surface area contributed by atoms with Crippen molar-refractivity contribution in [2.24, 2.45) is 5.10 Å². The maximum Gasteiger partial charge on any atom is 0.277 e. The molecule has 0 saturated carbocycles. The lowest BCUT2D eigenvalue weighted by Gasteiger charge is -2.09. The van der Waals surface area contributed by atoms with E-state index in [0.717, 1.165) is 5.39 Å². The van der Waals surface area contributed by atoms with Gasteiger partial charge < -0.3 is 14.9 Å². The second-order valence-electron chi connectivity index (χ2n) is 6.01. The maximum atomic E-state index is 12.0. The first-order valence-corrected chi connectivity index (χ1v) is 8.28. The Morgan fingerprint density at radius 2 is 2.04 bits per heavy atom. The van der Waals surface area contributed by atoms with Gasteiger partial charge in [0.05, 0.1) is 6.21 Å². The summed E-state index contributed by atoms with van der Waals surface area (Å²) in [6.45, 7) is 3.08. The Balaban J connectivity index is 1.64. The van der Waals surface area contributed by atoms with E-state index in [1.165, 1.54) is 12.3 Å². The van der Waals surface area contributed by atoms with E-state index < -0.39 is 5.91 Å². The van der Waals surface area contributed by atoms with Gasteiger partial charge in [0.1, 0.15) is 22.8 Å². The largest absolute Gasteiger partial charge is 0.508 e. The van der Waals surface area contributed by atoms with Crippen LogP contribution in [0.25, 0.3) is 10.9 Å². The van der Waals surface area contributed by atoms with Gasteiger partial charge >= 0.3 is 0 Å². The van der Waals surface area contributed by atoms with E-state index in [1.54, 1.807) is 26.1 Å². The zero-order chi connectivity index (χ0) is 19.4. The SMILES string of the molecule is Cc1cc(O)c(C)c(O)c1C=NNC(=O)COc1cccc2cccnc12. The molecule has 0 radical (unpaired) electrons. The maximum absolute atomic E-state index is 12.0. The summed E-state index contributed by atoms with van der Waals surface area (Å²) in [5.74, 6) is -0.0198. The van der Waals surface area contributed by atoms with Gasteiger partial charge in [-0.1, -0.05) is 18.2 Å². The van der Waals surface area contributed by atoms with Crippen LogP contribution in [0.5, 0.6) is 17.2 Å². The molecule has 0 atom stereocenters. The number of hydrogen-bond acceptors (Lipinski definition) is 6. The molecule has 1 heterocycles. The lowest BCUT2D eigenvalue weighted by molar-refractivity contribution is -0.123. The molecular weight excluding hydrogens is 346 g/mol. The summed E-state index contributed by atoms with van der Waals surface area (Å²) in [7, 11) is 0. The number of rotatable bonds is 5. The van der Waals surface area contributed by atoms with Crippen molar-refractivity contribution in [1.29, 1.82) is 0 Å². The molecule has 138 valence electrons. The lowest BCUT2D eigenvalue weighted by atomic mass is 10.0. The number of aromatic nitrogens is 1. The minimum Gasteiger partial charge on any atom is -0.508 e. The number of phenols is 2. The van der Waals surface area contributed by atoms with Crippen LogP contribution in [0.1, 0.15) is 16.7 Å². The van der Waals surface area contributed by atoms with Crippen molar-refractivity contribution >= 4 is 23.0 Å². The number of amides is 1. The number of pyridine rings is 1. The highest BCUT2D eigenvalue weighted by Crippen LogP contribution is 2.31. The summed E-state index contributed by atoms with van der Waals surface area (Å²) in [6.07, 6.45) is 2.99. The highest BCUT2D eigenvalue weighted by atomic mass is 16.5. The van der Waals surface area contributed by atoms with Crippen LogP contribution in [0.2, 0.25) is 0 Å². The molecule has 7 nitrogen and oxygen atoms in total. The predicted molar refractivity (Wildman–Crippen MR) is 102 cm³/mol. The fraction of sp³-hybridized carbons (Fsp3) is 0.150. The third kappa shape index (κ3) is 3.98. The summed E-state index contributed by atoms with van der Waals surface area (Å²) in [5, 5.41) is 24.5. The molecule has 7 heteroatoms. The molecule has 0 spiro atoms. The summed E-state index contributed by atoms with van der Waals surface area (Å²) < 4.78 is 5.54. The molecule has 0 unspecified atom stereocenters. The minimum atomic E-state index is -0.452. The van der Waals surface area contributed by atoms with Gasteiger partial charge in [0.2, 0.25) is 0 Å². The summed E-state index contributed by atoms with van der Waals surface area (Å²) >= 11 is 0. The van der Waals surface area contributed by atoms with E-state index in [2.05, 4.69) is 15.5 Å². The number of phenolic OH excluding ortho intramolecular Hbond substituents is 2. The number of nitrogens with one attached hydrogen (secondary N) is 1. The number of benzene rings is 2. The first-order valence-electron chi connectivity index (χ1n) is 8.28. The molecule has 0 aliphatic rings. The molecule has 1 amide bonds. The highest BCUT2D eigenvalue weighted by Gasteiger charge is 2.11. The van der Waals surface area contributed by atoms with Gasteiger partial charge in [-0.2, -0.15) is 5.10 Å². The van der Waals surface area contributed by atoms with Crippen molar-refractivity contribution in [3.63, 3.8) is 0 Å². The summed E-state index contributed by atoms with van der Waals surface area (Å²) in [5.41, 5.74) is 4.43. The van der Waals surface area contributed by atoms with E-state index >= 15 is 0 Å². The van der Waals surface area contributed by atoms with Gasteiger partial charge in [0.15, 0.2) is 6.61 Å². The van der Waals surface area contributed by atoms with Crippen molar-refractivity contribution in [2.45, 2.75) is 13.8 Å². The van der Waals surface area contributed by atoms with Crippen LogP contribution in [0.4, 0.5) is 0 Å². The van der Waals surface area contributed by atoms with Crippen LogP contribution in [-0.4, -0.2) is 33.9 Å². The zero-order valence-corrected chi connectivity index (χ0v) is 14.9. The zero-order valence-electron chi connectivity index (χ0n) is 14.9. The number of aromatic hydroxyl groups is 2. The van der Waals surface area contributed by atoms with Crippen molar-refractivity contribution in [3.8, 4) is 17.2 Å². The van der Waals surface area contributed by atoms with Gasteiger partial charge in [-0.3, -0.25) is 9.78 Å². The molecule has 0 saturated heterocycles. The Hall–Kier alpha value is -3.61. The average Bonchev–Trinajstić information content (AvgIpc) is 2.67. The number of para-hydroxylation sites is 1. The molecule has 2 aromatic carbocycles. The lowest BCUT2D eigenvalue weighted by Crippen LogP contribution is -2.24. The quantitative estimate of drug-likeness (QED) is 0.476. The standard InChI is InChI=1S/C20H19N3O4/c1-12-9-16(24)13(2)20(26)15(12)10-22-23-18(25)11-27-17-7-3-5-14-6-4-8-21-19(14)17/h3-10,24,26H,11H2,1-2H3,(H,23,25). The third-order valence-electron chi connectivity index (χ3n) is 4.11. The van der Waals surface area contributed by atoms with Gasteiger partial charge in [-0.05, 0) is 37.6 Å². The summed E-state index contributed by atoms with van der Waals surface area (Å²) in [4.78, 5) is 16.2. The fourth-order valence-corrected chi connectivity index (χ4v) is 2.60. The van der Waals surface area contributed by atoms with E-state index in [4.69, 9.17) is 4.74 Å². The van der Waals surface area contributed by atoms with Crippen LogP contribution < -0.4 is 10.2 Å². The number of hydrogen-bond donors (Lipinski definition) is 3. The van der Waals surface area contributed by atoms with Crippen molar-refractivity contribution in [2.75, 3.05) is 6.61 Å². The van der Waals surface area contributed by atoms with Crippen LogP contribution in [0.3, 0.4) is 0 Å². The second-order valence-corrected chi connectivity index (χ2v) is 6.01. The second kappa shape index (κ2) is 7.74. The summed E-state index contributed by atoms with van der Waals surface area (Å²) in [6, 6.07) is 10.7. The smallest absolute Gasteiger partial charge is 0.277 e. The molecular formula is C20H19N3O4. The van der Waals surface area contributed by atoms with Crippen LogP contribution in [-0.2, 0) is 4.79 Å². The Morgan fingerprint density at radius 3 is 2.85 bits per heavy atom. The number of ether oxygens (including phenoxy) is 1. The number of nitrogens with zero attached hydrogens (tertiary/aromatic N) is 2. The van der Waals surface area contributed by atoms with Gasteiger partial charge in [-0.15, -0.1) is 0 Å². The average molecular weight is 365 g/mol. The van der Waals surface area contributed by atoms with Crippen molar-refractivity contribution in [1.82, 2.24) is 10.4 Å². The van der Waals surface area contributed by atoms with Crippen molar-refractivity contribution < 1.29 is 19.7 Å². The molecule has 3 rings (SSSR count). The molecule has 0 bridgehead atoms. The highest BCUT2D eigenvalue weighted by molar-refractivity contribution is 5.88. The van der Waals surface area contributed by atoms with Crippen LogP contribution >= 0.6 is 0 Å². The topological polar surface area (TPSA) is 104 Å². The Bertz CT molecular complexity index is 1030. The normalized spacial score (nSPS) is 11.0. The fourth-order valence-electron chi connectivity index (χ4n) is 2.60. The number of aryl methyl sites for hydroxylation is 1. The minimum absolute atomic E-state index is 0.00304. The predicted octanol–water partition coefficient (Wildman–Crippen LogP) is 2.79. The number of hydrazone groups is 1. The van der Waals surface area contributed by atoms with E-state index in [1.807, 2.05) is 24.3 Å². The van der Waals surface area contributed by atoms with E-state index in [9.17, 15) is 15.0 Å². The Morgan fingerprint density at radius 1 is 1.26 bits per heavy atom. The van der Waals surface area contributed by atoms with Gasteiger partial charge in [0, 0.05) is 22.7 Å². The molecule has 0 aliphatic heterocycles. The van der Waals surface area contributed by atoms with Gasteiger partial charge in [-0.25, -0.2) is 5.43 Å². The third-order valence-corrected chi connectivity index (χ3v) is 4.11. The van der Waals surface area contributed by atoms with E-state index in [0.29, 0.717) is 28.0 Å². The Kier molecular flexibility index (Phi) is 5.21. The number of fused-ring (bicyclic) bond motifs is 1. The molecule has 3 aromatic rings. The number of carbonyl (C=O) groups excluding carboxylic acids is 1. The monoisotopic (exact) mass is 365 g/mol. The van der Waals surface area contributed by atoms with Gasteiger partial charge in [0.25, 0.3) is 5.91 Å². The van der Waals surface area contributed by atoms with Crippen LogP contribution in [0.15, 0.2) is 47.7 Å². The number of carbonyl (C=O) groups is 1. The molecule has 27 heavy (non-hydrogen) atoms. The molecule has 0 fully saturated rings. The van der Waals surface area contributed by atoms with E-state index in [-0.39, 0.29) is 18.1 Å². The first-order chi connectivity index (χ1) is 13.0. The van der Waals surface area contributed by atoms with Crippen LogP contribution in [0, 0.1) is 13.8 Å². The Labute approximate surface area is 155 Å². The molecule has 3 N–H and O–H groups in total. The molecule has 1 aromatic heterocycles. The molecule has 0 aliphatic carbocycles. The van der Waals surface area contributed by atoms with Crippen molar-refractivity contribution in [3.05, 3.63) is 59.3 Å². The first kappa shape index (κ1) is 18.2.